The molecule has 0 fully saturated rings. The summed E-state index contributed by atoms with van der Waals surface area (Å²) < 4.78 is 5.87. The van der Waals surface area contributed by atoms with Gasteiger partial charge in [-0.1, -0.05) is 37.3 Å². The molecule has 0 aliphatic carbocycles. The van der Waals surface area contributed by atoms with Crippen molar-refractivity contribution in [2.45, 2.75) is 13.3 Å². The third-order valence-corrected chi connectivity index (χ3v) is 4.26. The van der Waals surface area contributed by atoms with Crippen LogP contribution in [0, 0.1) is 0 Å². The van der Waals surface area contributed by atoms with E-state index in [1.807, 2.05) is 60.7 Å². The minimum absolute atomic E-state index is 0.145. The van der Waals surface area contributed by atoms with Crippen LogP contribution in [-0.2, 0) is 6.42 Å². The summed E-state index contributed by atoms with van der Waals surface area (Å²) in [4.78, 5) is 16.9. The molecule has 1 heterocycles. The zero-order chi connectivity index (χ0) is 17.9. The van der Waals surface area contributed by atoms with Crippen molar-refractivity contribution in [2.24, 2.45) is 0 Å². The van der Waals surface area contributed by atoms with Crippen LogP contribution in [0.4, 0.5) is 5.69 Å². The summed E-state index contributed by atoms with van der Waals surface area (Å²) in [5.41, 5.74) is 4.97. The van der Waals surface area contributed by atoms with E-state index in [1.54, 1.807) is 12.1 Å². The Bertz CT molecular complexity index is 1070. The molecule has 0 bridgehead atoms. The van der Waals surface area contributed by atoms with Crippen LogP contribution in [0.3, 0.4) is 0 Å². The standard InChI is InChI=1S/C22H18N2O2/c1-2-15-11-12-20-19(13-15)24-22(26-20)17-9-6-10-18(14-17)23-21(25)16-7-4-3-5-8-16/h3-14H,2H2,1H3,(H,23,25). The van der Waals surface area contributed by atoms with Gasteiger partial charge in [-0.2, -0.15) is 0 Å². The van der Waals surface area contributed by atoms with Crippen molar-refractivity contribution in [3.05, 3.63) is 83.9 Å². The van der Waals surface area contributed by atoms with Gasteiger partial charge < -0.3 is 9.73 Å². The number of nitrogens with zero attached hydrogens (tertiary/aromatic N) is 1. The molecule has 4 rings (SSSR count). The quantitative estimate of drug-likeness (QED) is 0.547. The number of carbonyl (C=O) groups is 1. The first-order chi connectivity index (χ1) is 12.7. The van der Waals surface area contributed by atoms with E-state index in [1.165, 1.54) is 5.56 Å². The number of fused-ring (bicyclic) bond motifs is 1. The molecule has 0 saturated carbocycles. The van der Waals surface area contributed by atoms with Crippen molar-refractivity contribution in [3.63, 3.8) is 0 Å². The second-order valence-corrected chi connectivity index (χ2v) is 6.08. The number of oxazole rings is 1. The lowest BCUT2D eigenvalue weighted by molar-refractivity contribution is 0.102. The van der Waals surface area contributed by atoms with Crippen LogP contribution in [-0.4, -0.2) is 10.9 Å². The summed E-state index contributed by atoms with van der Waals surface area (Å²) in [6, 6.07) is 22.7. The number of benzene rings is 3. The fraction of sp³-hybridized carbons (Fsp3) is 0.0909. The van der Waals surface area contributed by atoms with Crippen LogP contribution in [0.2, 0.25) is 0 Å². The Morgan fingerprint density at radius 2 is 1.85 bits per heavy atom. The monoisotopic (exact) mass is 342 g/mol. The van der Waals surface area contributed by atoms with Gasteiger partial charge in [0.25, 0.3) is 5.91 Å². The Hall–Kier alpha value is -3.40. The molecule has 26 heavy (non-hydrogen) atoms. The molecule has 128 valence electrons. The number of anilines is 1. The van der Waals surface area contributed by atoms with Crippen LogP contribution in [0.25, 0.3) is 22.6 Å². The number of rotatable bonds is 4. The zero-order valence-electron chi connectivity index (χ0n) is 14.4. The van der Waals surface area contributed by atoms with E-state index in [9.17, 15) is 4.79 Å². The van der Waals surface area contributed by atoms with Gasteiger partial charge in [0.1, 0.15) is 5.52 Å². The molecule has 0 unspecified atom stereocenters. The average Bonchev–Trinajstić information content (AvgIpc) is 3.12. The molecule has 0 spiro atoms. The second kappa shape index (κ2) is 6.84. The lowest BCUT2D eigenvalue weighted by atomic mass is 10.1. The molecule has 1 aromatic heterocycles. The molecule has 4 aromatic rings. The van der Waals surface area contributed by atoms with Gasteiger partial charge >= 0.3 is 0 Å². The van der Waals surface area contributed by atoms with E-state index >= 15 is 0 Å². The third-order valence-electron chi connectivity index (χ3n) is 4.26. The van der Waals surface area contributed by atoms with Crippen molar-refractivity contribution in [2.75, 3.05) is 5.32 Å². The number of amides is 1. The molecular formula is C22H18N2O2. The number of nitrogens with one attached hydrogen (secondary N) is 1. The summed E-state index contributed by atoms with van der Waals surface area (Å²) in [6.07, 6.45) is 0.957. The maximum Gasteiger partial charge on any atom is 0.255 e. The van der Waals surface area contributed by atoms with Gasteiger partial charge in [-0.15, -0.1) is 0 Å². The number of aromatic nitrogens is 1. The number of aryl methyl sites for hydroxylation is 1. The first kappa shape index (κ1) is 16.1. The van der Waals surface area contributed by atoms with Crippen LogP contribution >= 0.6 is 0 Å². The van der Waals surface area contributed by atoms with E-state index in [0.717, 1.165) is 23.1 Å². The Balaban J connectivity index is 1.62. The fourth-order valence-corrected chi connectivity index (χ4v) is 2.84. The van der Waals surface area contributed by atoms with Crippen LogP contribution in [0.5, 0.6) is 0 Å². The molecule has 4 heteroatoms. The van der Waals surface area contributed by atoms with E-state index in [2.05, 4.69) is 17.2 Å². The molecule has 3 aromatic carbocycles. The number of hydrogen-bond donors (Lipinski definition) is 1. The van der Waals surface area contributed by atoms with Gasteiger partial charge in [0.2, 0.25) is 5.89 Å². The lowest BCUT2D eigenvalue weighted by Crippen LogP contribution is -2.11. The molecule has 0 aliphatic heterocycles. The molecular weight excluding hydrogens is 324 g/mol. The predicted molar refractivity (Wildman–Crippen MR) is 103 cm³/mol. The van der Waals surface area contributed by atoms with Crippen molar-refractivity contribution < 1.29 is 9.21 Å². The summed E-state index contributed by atoms with van der Waals surface area (Å²) in [6.45, 7) is 2.11. The minimum atomic E-state index is -0.145. The Morgan fingerprint density at radius 1 is 1.00 bits per heavy atom. The summed E-state index contributed by atoms with van der Waals surface area (Å²) in [5, 5.41) is 2.91. The highest BCUT2D eigenvalue weighted by Gasteiger charge is 2.11. The number of hydrogen-bond acceptors (Lipinski definition) is 3. The zero-order valence-corrected chi connectivity index (χ0v) is 14.4. The first-order valence-electron chi connectivity index (χ1n) is 8.59. The van der Waals surface area contributed by atoms with Crippen LogP contribution < -0.4 is 5.32 Å². The largest absolute Gasteiger partial charge is 0.436 e. The maximum absolute atomic E-state index is 12.3. The van der Waals surface area contributed by atoms with Gasteiger partial charge in [0.05, 0.1) is 0 Å². The second-order valence-electron chi connectivity index (χ2n) is 6.08. The smallest absolute Gasteiger partial charge is 0.255 e. The molecule has 0 aliphatic rings. The van der Waals surface area contributed by atoms with Crippen LogP contribution in [0.15, 0.2) is 77.2 Å². The molecule has 0 saturated heterocycles. The lowest BCUT2D eigenvalue weighted by Gasteiger charge is -2.06. The highest BCUT2D eigenvalue weighted by molar-refractivity contribution is 6.04. The first-order valence-corrected chi connectivity index (χ1v) is 8.59. The van der Waals surface area contributed by atoms with Gasteiger partial charge in [-0.05, 0) is 54.4 Å². The SMILES string of the molecule is CCc1ccc2oc(-c3cccc(NC(=O)c4ccccc4)c3)nc2c1. The van der Waals surface area contributed by atoms with Crippen molar-refractivity contribution in [1.29, 1.82) is 0 Å². The van der Waals surface area contributed by atoms with Gasteiger partial charge in [0, 0.05) is 16.8 Å². The Kier molecular flexibility index (Phi) is 4.23. The van der Waals surface area contributed by atoms with E-state index < -0.39 is 0 Å². The maximum atomic E-state index is 12.3. The molecule has 1 amide bonds. The molecule has 0 radical (unpaired) electrons. The molecule has 4 nitrogen and oxygen atoms in total. The minimum Gasteiger partial charge on any atom is -0.436 e. The van der Waals surface area contributed by atoms with E-state index in [4.69, 9.17) is 4.42 Å². The topological polar surface area (TPSA) is 55.1 Å². The molecule has 0 atom stereocenters. The molecule has 1 N–H and O–H groups in total. The Labute approximate surface area is 151 Å². The fourth-order valence-electron chi connectivity index (χ4n) is 2.84. The predicted octanol–water partition coefficient (Wildman–Crippen LogP) is 5.31. The Morgan fingerprint density at radius 3 is 2.65 bits per heavy atom. The highest BCUT2D eigenvalue weighted by Crippen LogP contribution is 2.27. The van der Waals surface area contributed by atoms with Crippen LogP contribution in [0.1, 0.15) is 22.8 Å². The van der Waals surface area contributed by atoms with Gasteiger partial charge in [-0.3, -0.25) is 4.79 Å². The normalized spacial score (nSPS) is 10.8. The highest BCUT2D eigenvalue weighted by atomic mass is 16.3. The van der Waals surface area contributed by atoms with Gasteiger partial charge in [0.15, 0.2) is 5.58 Å². The summed E-state index contributed by atoms with van der Waals surface area (Å²) >= 11 is 0. The summed E-state index contributed by atoms with van der Waals surface area (Å²) in [7, 11) is 0. The van der Waals surface area contributed by atoms with Gasteiger partial charge in [-0.25, -0.2) is 4.98 Å². The third kappa shape index (κ3) is 3.22. The van der Waals surface area contributed by atoms with Crippen molar-refractivity contribution in [3.8, 4) is 11.5 Å². The van der Waals surface area contributed by atoms with E-state index in [0.29, 0.717) is 17.1 Å². The number of carbonyl (C=O) groups excluding carboxylic acids is 1. The van der Waals surface area contributed by atoms with E-state index in [-0.39, 0.29) is 5.91 Å². The summed E-state index contributed by atoms with van der Waals surface area (Å²) in [5.74, 6) is 0.400. The average molecular weight is 342 g/mol. The van der Waals surface area contributed by atoms with Crippen molar-refractivity contribution >= 4 is 22.7 Å². The van der Waals surface area contributed by atoms with Crippen molar-refractivity contribution in [1.82, 2.24) is 4.98 Å².